The average molecular weight is 404 g/mol. The van der Waals surface area contributed by atoms with Crippen LogP contribution in [0.4, 0.5) is 11.4 Å². The summed E-state index contributed by atoms with van der Waals surface area (Å²) in [5, 5.41) is 10.7. The number of carbonyl (C=O) groups is 3. The molecule has 1 heterocycles. The van der Waals surface area contributed by atoms with Crippen molar-refractivity contribution in [3.05, 3.63) is 76.4 Å². The molecule has 2 aliphatic carbocycles. The minimum atomic E-state index is -0.664. The first-order valence-corrected chi connectivity index (χ1v) is 9.57. The molecular formula is C22H16N2O6. The van der Waals surface area contributed by atoms with Crippen molar-refractivity contribution in [1.82, 2.24) is 0 Å². The number of anilines is 1. The summed E-state index contributed by atoms with van der Waals surface area (Å²) in [5.41, 5.74) is 0.503. The zero-order valence-corrected chi connectivity index (χ0v) is 15.6. The number of imide groups is 1. The minimum absolute atomic E-state index is 0.121. The van der Waals surface area contributed by atoms with Crippen LogP contribution in [0, 0.1) is 33.8 Å². The maximum absolute atomic E-state index is 12.8. The topological polar surface area (TPSA) is 107 Å². The van der Waals surface area contributed by atoms with E-state index in [0.717, 1.165) is 6.42 Å². The second-order valence-corrected chi connectivity index (χ2v) is 7.70. The summed E-state index contributed by atoms with van der Waals surface area (Å²) in [6, 6.07) is 11.3. The summed E-state index contributed by atoms with van der Waals surface area (Å²) in [7, 11) is 0. The van der Waals surface area contributed by atoms with Gasteiger partial charge < -0.3 is 4.74 Å². The number of ether oxygens (including phenoxy) is 1. The Balaban J connectivity index is 1.30. The third-order valence-corrected chi connectivity index (χ3v) is 6.09. The lowest BCUT2D eigenvalue weighted by molar-refractivity contribution is -0.384. The molecule has 2 amide bonds. The van der Waals surface area contributed by atoms with Crippen LogP contribution in [0.25, 0.3) is 0 Å². The number of carbonyl (C=O) groups excluding carboxylic acids is 3. The van der Waals surface area contributed by atoms with Gasteiger partial charge in [0.15, 0.2) is 0 Å². The van der Waals surface area contributed by atoms with Crippen LogP contribution in [0.15, 0.2) is 60.7 Å². The molecule has 3 aliphatic rings. The number of allylic oxidation sites excluding steroid dienone is 2. The fourth-order valence-corrected chi connectivity index (χ4v) is 4.71. The van der Waals surface area contributed by atoms with E-state index in [-0.39, 0.29) is 52.5 Å². The molecule has 1 saturated carbocycles. The highest BCUT2D eigenvalue weighted by Gasteiger charge is 2.59. The van der Waals surface area contributed by atoms with Gasteiger partial charge in [-0.05, 0) is 54.7 Å². The third kappa shape index (κ3) is 2.72. The fourth-order valence-electron chi connectivity index (χ4n) is 4.71. The van der Waals surface area contributed by atoms with E-state index >= 15 is 0 Å². The molecule has 8 nitrogen and oxygen atoms in total. The Morgan fingerprint density at radius 1 is 0.933 bits per heavy atom. The normalized spacial score (nSPS) is 26.2. The Morgan fingerprint density at radius 3 is 2.03 bits per heavy atom. The fraction of sp³-hybridized carbons (Fsp3) is 0.227. The lowest BCUT2D eigenvalue weighted by Crippen LogP contribution is -2.32. The van der Waals surface area contributed by atoms with E-state index in [4.69, 9.17) is 4.74 Å². The molecule has 0 spiro atoms. The molecule has 0 N–H and O–H groups in total. The standard InChI is InChI=1S/C22H16N2O6/c25-20-18-13-1-2-14(11-13)19(18)21(26)23(20)15-7-9-17(10-8-15)30-22(27)12-3-5-16(6-4-12)24(28)29/h1-10,13-14,18-19H,11H2/t13-,14+,18-,19+. The number of amides is 2. The maximum Gasteiger partial charge on any atom is 0.343 e. The van der Waals surface area contributed by atoms with Crippen molar-refractivity contribution in [2.24, 2.45) is 23.7 Å². The molecule has 30 heavy (non-hydrogen) atoms. The molecule has 150 valence electrons. The van der Waals surface area contributed by atoms with E-state index < -0.39 is 10.9 Å². The number of non-ortho nitro benzene ring substituents is 1. The van der Waals surface area contributed by atoms with Crippen molar-refractivity contribution in [1.29, 1.82) is 0 Å². The molecule has 4 atom stereocenters. The minimum Gasteiger partial charge on any atom is -0.423 e. The number of rotatable bonds is 4. The molecule has 0 aromatic heterocycles. The first-order chi connectivity index (χ1) is 14.4. The quantitative estimate of drug-likeness (QED) is 0.194. The Morgan fingerprint density at radius 2 is 1.50 bits per heavy atom. The summed E-state index contributed by atoms with van der Waals surface area (Å²) in [5.74, 6) is -1.02. The molecule has 0 unspecified atom stereocenters. The van der Waals surface area contributed by atoms with Crippen LogP contribution in [0.2, 0.25) is 0 Å². The van der Waals surface area contributed by atoms with Gasteiger partial charge in [-0.3, -0.25) is 24.6 Å². The van der Waals surface area contributed by atoms with E-state index in [1.807, 2.05) is 12.2 Å². The van der Waals surface area contributed by atoms with Gasteiger partial charge in [0.05, 0.1) is 28.0 Å². The highest BCUT2D eigenvalue weighted by Crippen LogP contribution is 2.53. The monoisotopic (exact) mass is 404 g/mol. The van der Waals surface area contributed by atoms with Crippen molar-refractivity contribution in [3.8, 4) is 5.75 Å². The van der Waals surface area contributed by atoms with Gasteiger partial charge in [-0.25, -0.2) is 4.79 Å². The molecular weight excluding hydrogens is 388 g/mol. The second-order valence-electron chi connectivity index (χ2n) is 7.70. The van der Waals surface area contributed by atoms with Crippen LogP contribution in [-0.4, -0.2) is 22.7 Å². The highest BCUT2D eigenvalue weighted by molar-refractivity contribution is 6.22. The van der Waals surface area contributed by atoms with Crippen LogP contribution in [0.1, 0.15) is 16.8 Å². The SMILES string of the molecule is O=C(Oc1ccc(N2C(=O)[C@@H]3[C@H](C2=O)[C@@H]2C=C[C@H]3C2)cc1)c1ccc([N+](=O)[O-])cc1. The first kappa shape index (κ1) is 18.2. The summed E-state index contributed by atoms with van der Waals surface area (Å²) >= 11 is 0. The van der Waals surface area contributed by atoms with Crippen LogP contribution >= 0.6 is 0 Å². The van der Waals surface area contributed by atoms with E-state index in [1.54, 1.807) is 12.1 Å². The van der Waals surface area contributed by atoms with Gasteiger partial charge in [-0.2, -0.15) is 0 Å². The molecule has 2 aromatic carbocycles. The van der Waals surface area contributed by atoms with Gasteiger partial charge in [0.1, 0.15) is 5.75 Å². The number of nitrogens with zero attached hydrogens (tertiary/aromatic N) is 2. The van der Waals surface area contributed by atoms with Gasteiger partial charge in [-0.1, -0.05) is 12.2 Å². The molecule has 2 bridgehead atoms. The third-order valence-electron chi connectivity index (χ3n) is 6.09. The maximum atomic E-state index is 12.8. The number of fused-ring (bicyclic) bond motifs is 5. The van der Waals surface area contributed by atoms with Gasteiger partial charge >= 0.3 is 5.97 Å². The molecule has 2 aromatic rings. The van der Waals surface area contributed by atoms with E-state index in [9.17, 15) is 24.5 Å². The lowest BCUT2D eigenvalue weighted by Gasteiger charge is -2.17. The predicted octanol–water partition coefficient (Wildman–Crippen LogP) is 3.13. The van der Waals surface area contributed by atoms with Crippen molar-refractivity contribution in [2.45, 2.75) is 6.42 Å². The van der Waals surface area contributed by atoms with Crippen molar-refractivity contribution < 1.29 is 24.0 Å². The van der Waals surface area contributed by atoms with Crippen LogP contribution < -0.4 is 9.64 Å². The molecule has 5 rings (SSSR count). The molecule has 1 aliphatic heterocycles. The molecule has 0 radical (unpaired) electrons. The Hall–Kier alpha value is -3.81. The van der Waals surface area contributed by atoms with Gasteiger partial charge in [0.25, 0.3) is 5.69 Å². The van der Waals surface area contributed by atoms with Crippen LogP contribution in [0.5, 0.6) is 5.75 Å². The number of hydrogen-bond donors (Lipinski definition) is 0. The number of benzene rings is 2. The van der Waals surface area contributed by atoms with Crippen LogP contribution in [-0.2, 0) is 9.59 Å². The Kier molecular flexibility index (Phi) is 4.02. The second kappa shape index (κ2) is 6.62. The van der Waals surface area contributed by atoms with E-state index in [1.165, 1.54) is 41.3 Å². The number of hydrogen-bond acceptors (Lipinski definition) is 6. The Labute approximate surface area is 170 Å². The summed E-state index contributed by atoms with van der Waals surface area (Å²) in [6.45, 7) is 0. The smallest absolute Gasteiger partial charge is 0.343 e. The largest absolute Gasteiger partial charge is 0.423 e. The Bertz CT molecular complexity index is 1080. The summed E-state index contributed by atoms with van der Waals surface area (Å²) < 4.78 is 5.28. The van der Waals surface area contributed by atoms with Gasteiger partial charge in [0, 0.05) is 12.1 Å². The summed E-state index contributed by atoms with van der Waals surface area (Å²) in [6.07, 6.45) is 4.96. The number of nitro groups is 1. The lowest BCUT2D eigenvalue weighted by atomic mass is 9.85. The average Bonchev–Trinajstić information content (AvgIpc) is 3.43. The van der Waals surface area contributed by atoms with Crippen LogP contribution in [0.3, 0.4) is 0 Å². The van der Waals surface area contributed by atoms with Crippen molar-refractivity contribution in [2.75, 3.05) is 4.90 Å². The zero-order chi connectivity index (χ0) is 21.0. The number of nitro benzene ring substituents is 1. The van der Waals surface area contributed by atoms with E-state index in [2.05, 4.69) is 0 Å². The molecule has 2 fully saturated rings. The van der Waals surface area contributed by atoms with Crippen molar-refractivity contribution >= 4 is 29.2 Å². The number of esters is 1. The zero-order valence-electron chi connectivity index (χ0n) is 15.6. The summed E-state index contributed by atoms with van der Waals surface area (Å²) in [4.78, 5) is 49.3. The van der Waals surface area contributed by atoms with Gasteiger partial charge in [-0.15, -0.1) is 0 Å². The highest BCUT2D eigenvalue weighted by atomic mass is 16.6. The predicted molar refractivity (Wildman–Crippen MR) is 105 cm³/mol. The van der Waals surface area contributed by atoms with Gasteiger partial charge in [0.2, 0.25) is 11.8 Å². The van der Waals surface area contributed by atoms with Crippen molar-refractivity contribution in [3.63, 3.8) is 0 Å². The van der Waals surface area contributed by atoms with E-state index in [0.29, 0.717) is 5.69 Å². The first-order valence-electron chi connectivity index (χ1n) is 9.57. The molecule has 8 heteroatoms. The molecule has 1 saturated heterocycles.